The second kappa shape index (κ2) is 6.16. The maximum Gasteiger partial charge on any atom is 0.146 e. The minimum atomic E-state index is 0.713. The predicted molar refractivity (Wildman–Crippen MR) is 69.9 cm³/mol. The first-order chi connectivity index (χ1) is 8.85. The first-order valence-corrected chi connectivity index (χ1v) is 6.09. The summed E-state index contributed by atoms with van der Waals surface area (Å²) in [6, 6.07) is 7.78. The van der Waals surface area contributed by atoms with Gasteiger partial charge in [-0.3, -0.25) is 0 Å². The first kappa shape index (κ1) is 12.6. The molecule has 0 unspecified atom stereocenters. The second-order valence-electron chi connectivity index (χ2n) is 3.97. The van der Waals surface area contributed by atoms with Gasteiger partial charge in [-0.2, -0.15) is 5.10 Å². The number of aromatic nitrogens is 3. The van der Waals surface area contributed by atoms with E-state index in [0.717, 1.165) is 30.2 Å². The van der Waals surface area contributed by atoms with Gasteiger partial charge in [-0.05, 0) is 25.1 Å². The van der Waals surface area contributed by atoms with Gasteiger partial charge in [0.1, 0.15) is 17.9 Å². The van der Waals surface area contributed by atoms with Gasteiger partial charge in [-0.1, -0.05) is 13.0 Å². The maximum absolute atomic E-state index is 5.21. The van der Waals surface area contributed by atoms with Crippen molar-refractivity contribution in [2.75, 3.05) is 13.7 Å². The lowest BCUT2D eigenvalue weighted by molar-refractivity contribution is 0.414. The number of hydrogen-bond donors (Lipinski definition) is 1. The van der Waals surface area contributed by atoms with E-state index in [2.05, 4.69) is 22.3 Å². The minimum Gasteiger partial charge on any atom is -0.497 e. The molecule has 1 aromatic carbocycles. The third-order valence-corrected chi connectivity index (χ3v) is 2.63. The summed E-state index contributed by atoms with van der Waals surface area (Å²) in [5, 5.41) is 7.57. The molecule has 18 heavy (non-hydrogen) atoms. The molecule has 2 rings (SSSR count). The zero-order chi connectivity index (χ0) is 12.8. The summed E-state index contributed by atoms with van der Waals surface area (Å²) in [6.45, 7) is 3.83. The summed E-state index contributed by atoms with van der Waals surface area (Å²) in [5.41, 5.74) is 0.958. The van der Waals surface area contributed by atoms with Crippen LogP contribution < -0.4 is 10.1 Å². The highest BCUT2D eigenvalue weighted by molar-refractivity contribution is 5.38. The zero-order valence-corrected chi connectivity index (χ0v) is 10.8. The third kappa shape index (κ3) is 2.87. The van der Waals surface area contributed by atoms with Crippen LogP contribution in [-0.4, -0.2) is 28.4 Å². The van der Waals surface area contributed by atoms with Gasteiger partial charge >= 0.3 is 0 Å². The second-order valence-corrected chi connectivity index (χ2v) is 3.97. The fourth-order valence-electron chi connectivity index (χ4n) is 1.72. The lowest BCUT2D eigenvalue weighted by atomic mass is 10.3. The zero-order valence-electron chi connectivity index (χ0n) is 10.8. The van der Waals surface area contributed by atoms with E-state index < -0.39 is 0 Å². The molecule has 0 fully saturated rings. The average molecular weight is 246 g/mol. The Hall–Kier alpha value is -1.88. The number of hydrogen-bond acceptors (Lipinski definition) is 4. The van der Waals surface area contributed by atoms with Crippen molar-refractivity contribution in [3.63, 3.8) is 0 Å². The highest BCUT2D eigenvalue weighted by atomic mass is 16.5. The van der Waals surface area contributed by atoms with Gasteiger partial charge in [-0.15, -0.1) is 0 Å². The lowest BCUT2D eigenvalue weighted by Crippen LogP contribution is -2.17. The molecule has 0 radical (unpaired) electrons. The van der Waals surface area contributed by atoms with Crippen LogP contribution in [0.25, 0.3) is 5.69 Å². The molecular formula is C13H18N4O. The number of benzene rings is 1. The van der Waals surface area contributed by atoms with Gasteiger partial charge in [0.05, 0.1) is 19.3 Å². The Labute approximate surface area is 107 Å². The number of nitrogens with zero attached hydrogens (tertiary/aromatic N) is 3. The van der Waals surface area contributed by atoms with E-state index in [1.807, 2.05) is 28.9 Å². The Bertz CT molecular complexity index is 495. The summed E-state index contributed by atoms with van der Waals surface area (Å²) in [5.74, 6) is 1.71. The standard InChI is InChI=1S/C13H18N4O/c1-3-7-14-9-13-15-10-16-17(13)11-5-4-6-12(8-11)18-2/h4-6,8,10,14H,3,7,9H2,1-2H3. The molecule has 0 atom stereocenters. The van der Waals surface area contributed by atoms with Crippen molar-refractivity contribution in [1.29, 1.82) is 0 Å². The summed E-state index contributed by atoms with van der Waals surface area (Å²) in [7, 11) is 1.66. The first-order valence-electron chi connectivity index (χ1n) is 6.09. The molecule has 0 saturated heterocycles. The molecule has 0 aliphatic rings. The van der Waals surface area contributed by atoms with Crippen LogP contribution in [0, 0.1) is 0 Å². The van der Waals surface area contributed by atoms with E-state index in [1.165, 1.54) is 0 Å². The van der Waals surface area contributed by atoms with Crippen LogP contribution >= 0.6 is 0 Å². The highest BCUT2D eigenvalue weighted by Gasteiger charge is 2.06. The molecule has 0 bridgehead atoms. The number of ether oxygens (including phenoxy) is 1. The van der Waals surface area contributed by atoms with Crippen LogP contribution in [0.4, 0.5) is 0 Å². The predicted octanol–water partition coefficient (Wildman–Crippen LogP) is 1.78. The Kier molecular flexibility index (Phi) is 4.30. The molecule has 5 nitrogen and oxygen atoms in total. The molecule has 0 saturated carbocycles. The van der Waals surface area contributed by atoms with E-state index in [1.54, 1.807) is 13.4 Å². The van der Waals surface area contributed by atoms with Gasteiger partial charge in [0, 0.05) is 6.07 Å². The van der Waals surface area contributed by atoms with Crippen LogP contribution in [0.15, 0.2) is 30.6 Å². The minimum absolute atomic E-state index is 0.713. The molecule has 0 amide bonds. The molecule has 2 aromatic rings. The fraction of sp³-hybridized carbons (Fsp3) is 0.385. The van der Waals surface area contributed by atoms with Crippen molar-refractivity contribution in [2.45, 2.75) is 19.9 Å². The fourth-order valence-corrected chi connectivity index (χ4v) is 1.72. The molecule has 0 aliphatic heterocycles. The van der Waals surface area contributed by atoms with E-state index in [9.17, 15) is 0 Å². The van der Waals surface area contributed by atoms with Crippen molar-refractivity contribution in [1.82, 2.24) is 20.1 Å². The Morgan fingerprint density at radius 1 is 1.39 bits per heavy atom. The lowest BCUT2D eigenvalue weighted by Gasteiger charge is -2.08. The average Bonchev–Trinajstić information content (AvgIpc) is 2.87. The molecule has 1 aromatic heterocycles. The highest BCUT2D eigenvalue weighted by Crippen LogP contribution is 2.16. The Balaban J connectivity index is 2.19. The molecule has 96 valence electrons. The molecular weight excluding hydrogens is 228 g/mol. The van der Waals surface area contributed by atoms with Gasteiger partial charge < -0.3 is 10.1 Å². The number of nitrogens with one attached hydrogen (secondary N) is 1. The largest absolute Gasteiger partial charge is 0.497 e. The van der Waals surface area contributed by atoms with E-state index in [-0.39, 0.29) is 0 Å². The maximum atomic E-state index is 5.21. The van der Waals surface area contributed by atoms with Crippen LogP contribution in [0.3, 0.4) is 0 Å². The molecule has 0 spiro atoms. The number of methoxy groups -OCH3 is 1. The van der Waals surface area contributed by atoms with Crippen molar-refractivity contribution in [2.24, 2.45) is 0 Å². The SMILES string of the molecule is CCCNCc1ncnn1-c1cccc(OC)c1. The third-order valence-electron chi connectivity index (χ3n) is 2.63. The van der Waals surface area contributed by atoms with Gasteiger partial charge in [0.25, 0.3) is 0 Å². The quantitative estimate of drug-likeness (QED) is 0.789. The topological polar surface area (TPSA) is 52.0 Å². The van der Waals surface area contributed by atoms with Crippen LogP contribution in [0.1, 0.15) is 19.2 Å². The Morgan fingerprint density at radius 3 is 3.06 bits per heavy atom. The summed E-state index contributed by atoms with van der Waals surface area (Å²) >= 11 is 0. The van der Waals surface area contributed by atoms with Crippen molar-refractivity contribution >= 4 is 0 Å². The molecule has 1 N–H and O–H groups in total. The van der Waals surface area contributed by atoms with Gasteiger partial charge in [0.15, 0.2) is 0 Å². The van der Waals surface area contributed by atoms with Crippen molar-refractivity contribution in [3.8, 4) is 11.4 Å². The number of rotatable bonds is 6. The summed E-state index contributed by atoms with van der Waals surface area (Å²) in [4.78, 5) is 4.27. The van der Waals surface area contributed by atoms with E-state index in [4.69, 9.17) is 4.74 Å². The van der Waals surface area contributed by atoms with E-state index in [0.29, 0.717) is 6.54 Å². The monoisotopic (exact) mass is 246 g/mol. The summed E-state index contributed by atoms with van der Waals surface area (Å²) < 4.78 is 7.04. The molecule has 0 aliphatic carbocycles. The van der Waals surface area contributed by atoms with Crippen molar-refractivity contribution < 1.29 is 4.74 Å². The normalized spacial score (nSPS) is 10.6. The van der Waals surface area contributed by atoms with Crippen molar-refractivity contribution in [3.05, 3.63) is 36.4 Å². The van der Waals surface area contributed by atoms with Crippen LogP contribution in [-0.2, 0) is 6.54 Å². The van der Waals surface area contributed by atoms with E-state index >= 15 is 0 Å². The summed E-state index contributed by atoms with van der Waals surface area (Å²) in [6.07, 6.45) is 2.68. The smallest absolute Gasteiger partial charge is 0.146 e. The van der Waals surface area contributed by atoms with Crippen LogP contribution in [0.5, 0.6) is 5.75 Å². The van der Waals surface area contributed by atoms with Gasteiger partial charge in [0.2, 0.25) is 0 Å². The van der Waals surface area contributed by atoms with Crippen LogP contribution in [0.2, 0.25) is 0 Å². The molecule has 5 heteroatoms. The Morgan fingerprint density at radius 2 is 2.28 bits per heavy atom. The van der Waals surface area contributed by atoms with Gasteiger partial charge in [-0.25, -0.2) is 9.67 Å². The molecule has 1 heterocycles.